The topological polar surface area (TPSA) is 67.0 Å². The van der Waals surface area contributed by atoms with Crippen LogP contribution in [0.25, 0.3) is 22.4 Å². The first-order chi connectivity index (χ1) is 13.7. The summed E-state index contributed by atoms with van der Waals surface area (Å²) in [5.41, 5.74) is 3.58. The zero-order valence-electron chi connectivity index (χ0n) is 15.3. The van der Waals surface area contributed by atoms with Crippen LogP contribution in [-0.4, -0.2) is 28.7 Å². The number of aromatic amines is 1. The van der Waals surface area contributed by atoms with Gasteiger partial charge >= 0.3 is 0 Å². The number of rotatable bonds is 6. The van der Waals surface area contributed by atoms with Crippen molar-refractivity contribution in [1.29, 1.82) is 0 Å². The number of amides is 1. The number of carbonyl (C=O) groups is 1. The zero-order valence-corrected chi connectivity index (χ0v) is 16.1. The maximum Gasteiger partial charge on any atom is 0.234 e. The van der Waals surface area contributed by atoms with Crippen molar-refractivity contribution >= 4 is 34.4 Å². The molecule has 4 aromatic rings. The van der Waals surface area contributed by atoms with Gasteiger partial charge in [-0.3, -0.25) is 4.79 Å². The summed E-state index contributed by atoms with van der Waals surface area (Å²) < 4.78 is 5.14. The number of nitrogens with one attached hydrogen (secondary N) is 2. The molecule has 0 unspecified atom stereocenters. The summed E-state index contributed by atoms with van der Waals surface area (Å²) in [5.74, 6) is 1.87. The molecule has 0 aliphatic rings. The van der Waals surface area contributed by atoms with Gasteiger partial charge in [0.05, 0.1) is 23.9 Å². The van der Waals surface area contributed by atoms with E-state index in [1.54, 1.807) is 7.11 Å². The summed E-state index contributed by atoms with van der Waals surface area (Å²) in [7, 11) is 1.63. The minimum Gasteiger partial charge on any atom is -0.497 e. The quantitative estimate of drug-likeness (QED) is 0.457. The van der Waals surface area contributed by atoms with E-state index in [1.807, 2.05) is 72.8 Å². The molecule has 1 aromatic heterocycles. The number of aromatic nitrogens is 2. The summed E-state index contributed by atoms with van der Waals surface area (Å²) in [4.78, 5) is 21.3. The predicted octanol–water partition coefficient (Wildman–Crippen LogP) is 4.97. The van der Waals surface area contributed by atoms with Crippen molar-refractivity contribution in [3.63, 3.8) is 0 Å². The Kier molecular flexibility index (Phi) is 5.30. The van der Waals surface area contributed by atoms with Crippen LogP contribution in [0.4, 0.5) is 5.69 Å². The number of ether oxygens (including phenoxy) is 1. The fourth-order valence-corrected chi connectivity index (χ4v) is 3.55. The number of anilines is 1. The number of para-hydroxylation sites is 2. The first-order valence-corrected chi connectivity index (χ1v) is 9.82. The minimum absolute atomic E-state index is 0.0532. The summed E-state index contributed by atoms with van der Waals surface area (Å²) >= 11 is 1.48. The lowest BCUT2D eigenvalue weighted by Crippen LogP contribution is -2.13. The van der Waals surface area contributed by atoms with Gasteiger partial charge in [0.15, 0.2) is 0 Å². The Bertz CT molecular complexity index is 1070. The minimum atomic E-state index is -0.0532. The van der Waals surface area contributed by atoms with E-state index in [2.05, 4.69) is 15.3 Å². The van der Waals surface area contributed by atoms with Gasteiger partial charge in [-0.15, -0.1) is 11.8 Å². The van der Waals surface area contributed by atoms with E-state index in [4.69, 9.17) is 4.74 Å². The Hall–Kier alpha value is -3.25. The second kappa shape index (κ2) is 8.19. The van der Waals surface area contributed by atoms with Crippen LogP contribution in [0, 0.1) is 0 Å². The molecule has 4 rings (SSSR count). The molecule has 0 fully saturated rings. The predicted molar refractivity (Wildman–Crippen MR) is 114 cm³/mol. The standard InChI is InChI=1S/C22H19N3O2S/c1-27-17-9-11-18(12-10-17)28-14-21(26)23-16-6-4-5-15(13-16)22-24-19-7-2-3-8-20(19)25-22/h2-13H,14H2,1H3,(H,23,26)(H,24,25). The average molecular weight is 389 g/mol. The molecule has 140 valence electrons. The van der Waals surface area contributed by atoms with Crippen molar-refractivity contribution in [3.8, 4) is 17.1 Å². The highest BCUT2D eigenvalue weighted by molar-refractivity contribution is 8.00. The molecule has 0 aliphatic carbocycles. The molecule has 5 nitrogen and oxygen atoms in total. The normalized spacial score (nSPS) is 10.8. The van der Waals surface area contributed by atoms with Gasteiger partial charge < -0.3 is 15.0 Å². The molecule has 2 N–H and O–H groups in total. The highest BCUT2D eigenvalue weighted by atomic mass is 32.2. The lowest BCUT2D eigenvalue weighted by molar-refractivity contribution is -0.113. The van der Waals surface area contributed by atoms with E-state index in [0.717, 1.165) is 38.8 Å². The van der Waals surface area contributed by atoms with Crippen LogP contribution in [0.2, 0.25) is 0 Å². The summed E-state index contributed by atoms with van der Waals surface area (Å²) in [6, 6.07) is 23.2. The van der Waals surface area contributed by atoms with E-state index in [0.29, 0.717) is 5.75 Å². The van der Waals surface area contributed by atoms with Crippen LogP contribution in [-0.2, 0) is 4.79 Å². The van der Waals surface area contributed by atoms with Crippen molar-refractivity contribution in [1.82, 2.24) is 9.97 Å². The maximum atomic E-state index is 12.3. The molecule has 1 heterocycles. The van der Waals surface area contributed by atoms with E-state index in [9.17, 15) is 4.79 Å². The van der Waals surface area contributed by atoms with Crippen molar-refractivity contribution in [3.05, 3.63) is 72.8 Å². The molecule has 0 saturated heterocycles. The monoisotopic (exact) mass is 389 g/mol. The molecule has 0 radical (unpaired) electrons. The van der Waals surface area contributed by atoms with E-state index < -0.39 is 0 Å². The molecule has 1 amide bonds. The molecule has 6 heteroatoms. The number of benzene rings is 3. The van der Waals surface area contributed by atoms with E-state index in [-0.39, 0.29) is 5.91 Å². The molecule has 0 bridgehead atoms. The molecule has 0 aliphatic heterocycles. The van der Waals surface area contributed by atoms with Gasteiger partial charge in [0.25, 0.3) is 0 Å². The Balaban J connectivity index is 1.41. The maximum absolute atomic E-state index is 12.3. The number of thioether (sulfide) groups is 1. The second-order valence-corrected chi connectivity index (χ2v) is 7.24. The fraction of sp³-hybridized carbons (Fsp3) is 0.0909. The third kappa shape index (κ3) is 4.18. The molecular weight excluding hydrogens is 370 g/mol. The number of methoxy groups -OCH3 is 1. The Morgan fingerprint density at radius 2 is 1.89 bits per heavy atom. The van der Waals surface area contributed by atoms with Crippen LogP contribution < -0.4 is 10.1 Å². The smallest absolute Gasteiger partial charge is 0.234 e. The van der Waals surface area contributed by atoms with Crippen molar-refractivity contribution in [2.24, 2.45) is 0 Å². The number of hydrogen-bond donors (Lipinski definition) is 2. The van der Waals surface area contributed by atoms with Crippen LogP contribution >= 0.6 is 11.8 Å². The van der Waals surface area contributed by atoms with Crippen LogP contribution in [0.15, 0.2) is 77.7 Å². The molecule has 0 saturated carbocycles. The number of carbonyl (C=O) groups excluding carboxylic acids is 1. The van der Waals surface area contributed by atoms with Gasteiger partial charge in [0.1, 0.15) is 11.6 Å². The van der Waals surface area contributed by atoms with Gasteiger partial charge in [-0.1, -0.05) is 24.3 Å². The lowest BCUT2D eigenvalue weighted by Gasteiger charge is -2.07. The molecule has 28 heavy (non-hydrogen) atoms. The third-order valence-corrected chi connectivity index (χ3v) is 5.25. The van der Waals surface area contributed by atoms with Crippen molar-refractivity contribution < 1.29 is 9.53 Å². The fourth-order valence-electron chi connectivity index (χ4n) is 2.85. The number of fused-ring (bicyclic) bond motifs is 1. The van der Waals surface area contributed by atoms with Crippen molar-refractivity contribution in [2.45, 2.75) is 4.90 Å². The molecule has 0 spiro atoms. The number of H-pyrrole nitrogens is 1. The lowest BCUT2D eigenvalue weighted by atomic mass is 10.2. The molecule has 0 atom stereocenters. The highest BCUT2D eigenvalue weighted by Gasteiger charge is 2.08. The first-order valence-electron chi connectivity index (χ1n) is 8.83. The van der Waals surface area contributed by atoms with Crippen molar-refractivity contribution in [2.75, 3.05) is 18.2 Å². The van der Waals surface area contributed by atoms with Gasteiger partial charge in [0, 0.05) is 16.1 Å². The molecule has 3 aromatic carbocycles. The highest BCUT2D eigenvalue weighted by Crippen LogP contribution is 2.24. The zero-order chi connectivity index (χ0) is 19.3. The number of imidazole rings is 1. The summed E-state index contributed by atoms with van der Waals surface area (Å²) in [5, 5.41) is 2.95. The van der Waals surface area contributed by atoms with Gasteiger partial charge in [-0.2, -0.15) is 0 Å². The Morgan fingerprint density at radius 1 is 1.07 bits per heavy atom. The second-order valence-electron chi connectivity index (χ2n) is 6.20. The first kappa shape index (κ1) is 18.1. The SMILES string of the molecule is COc1ccc(SCC(=O)Nc2cccc(-c3nc4ccccc4[nH]3)c2)cc1. The van der Waals surface area contributed by atoms with Gasteiger partial charge in [-0.25, -0.2) is 4.98 Å². The average Bonchev–Trinajstić information content (AvgIpc) is 3.17. The Morgan fingerprint density at radius 3 is 2.68 bits per heavy atom. The van der Waals surface area contributed by atoms with Crippen LogP contribution in [0.1, 0.15) is 0 Å². The molecular formula is C22H19N3O2S. The summed E-state index contributed by atoms with van der Waals surface area (Å²) in [6.45, 7) is 0. The van der Waals surface area contributed by atoms with E-state index in [1.165, 1.54) is 11.8 Å². The number of hydrogen-bond acceptors (Lipinski definition) is 4. The van der Waals surface area contributed by atoms with Crippen LogP contribution in [0.3, 0.4) is 0 Å². The van der Waals surface area contributed by atoms with E-state index >= 15 is 0 Å². The van der Waals surface area contributed by atoms with Gasteiger partial charge in [0.2, 0.25) is 5.91 Å². The van der Waals surface area contributed by atoms with Gasteiger partial charge in [-0.05, 0) is 48.5 Å². The third-order valence-electron chi connectivity index (χ3n) is 4.24. The van der Waals surface area contributed by atoms with Crippen LogP contribution in [0.5, 0.6) is 5.75 Å². The Labute approximate surface area is 167 Å². The number of nitrogens with zero attached hydrogens (tertiary/aromatic N) is 1. The summed E-state index contributed by atoms with van der Waals surface area (Å²) in [6.07, 6.45) is 0. The largest absolute Gasteiger partial charge is 0.497 e.